The maximum absolute atomic E-state index is 13.4. The van der Waals surface area contributed by atoms with Crippen molar-refractivity contribution in [1.82, 2.24) is 19.6 Å². The van der Waals surface area contributed by atoms with Gasteiger partial charge in [-0.25, -0.2) is 17.8 Å². The van der Waals surface area contributed by atoms with Gasteiger partial charge in [-0.3, -0.25) is 9.62 Å². The normalized spacial score (nSPS) is 21.5. The second-order valence-electron chi connectivity index (χ2n) is 7.71. The van der Waals surface area contributed by atoms with Crippen molar-refractivity contribution < 1.29 is 17.5 Å². The molecule has 1 aromatic heterocycles. The number of anilines is 1. The van der Waals surface area contributed by atoms with Gasteiger partial charge in [0.15, 0.2) is 0 Å². The van der Waals surface area contributed by atoms with Crippen molar-refractivity contribution in [3.63, 3.8) is 0 Å². The molecule has 2 atom stereocenters. The molecule has 168 valence electrons. The lowest BCUT2D eigenvalue weighted by atomic mass is 9.94. The molecule has 0 bridgehead atoms. The summed E-state index contributed by atoms with van der Waals surface area (Å²) in [5.41, 5.74) is 2.01. The Labute approximate surface area is 189 Å². The van der Waals surface area contributed by atoms with Crippen LogP contribution in [-0.2, 0) is 10.0 Å². The molecule has 11 heteroatoms. The topological polar surface area (TPSA) is 96.5 Å². The molecule has 2 unspecified atom stereocenters. The van der Waals surface area contributed by atoms with Gasteiger partial charge in [0.25, 0.3) is 10.0 Å². The van der Waals surface area contributed by atoms with Crippen LogP contribution in [0.4, 0.5) is 9.52 Å². The van der Waals surface area contributed by atoms with Crippen LogP contribution in [0, 0.1) is 5.82 Å². The predicted octanol–water partition coefficient (Wildman–Crippen LogP) is 2.95. The molecule has 2 aromatic carbocycles. The van der Waals surface area contributed by atoms with E-state index < -0.39 is 10.0 Å². The number of halogens is 1. The first kappa shape index (κ1) is 21.3. The lowest BCUT2D eigenvalue weighted by molar-refractivity contribution is 0.0758. The van der Waals surface area contributed by atoms with Crippen molar-refractivity contribution >= 4 is 26.7 Å². The van der Waals surface area contributed by atoms with E-state index in [-0.39, 0.29) is 27.9 Å². The summed E-state index contributed by atoms with van der Waals surface area (Å²) in [5.74, 6) is 0.314. The summed E-state index contributed by atoms with van der Waals surface area (Å²) in [5, 5.41) is 3.64. The second-order valence-corrected chi connectivity index (χ2v) is 10.2. The fourth-order valence-corrected chi connectivity index (χ4v) is 6.02. The SMILES string of the molecule is O=S(=O)(Nc1ncns1)c1ccc2c(c1)OCCC2N1CCNCC1c1ccc(F)cc1. The summed E-state index contributed by atoms with van der Waals surface area (Å²) in [6.07, 6.45) is 2.09. The van der Waals surface area contributed by atoms with Crippen LogP contribution in [0.1, 0.15) is 29.6 Å². The Balaban J connectivity index is 1.44. The number of benzene rings is 2. The minimum Gasteiger partial charge on any atom is -0.493 e. The van der Waals surface area contributed by atoms with E-state index in [0.717, 1.165) is 48.7 Å². The zero-order chi connectivity index (χ0) is 22.1. The molecule has 0 spiro atoms. The summed E-state index contributed by atoms with van der Waals surface area (Å²) in [7, 11) is -3.80. The summed E-state index contributed by atoms with van der Waals surface area (Å²) in [4.78, 5) is 6.39. The molecule has 8 nitrogen and oxygen atoms in total. The molecule has 3 heterocycles. The van der Waals surface area contributed by atoms with Crippen molar-refractivity contribution in [2.75, 3.05) is 31.0 Å². The molecule has 2 aliphatic rings. The molecule has 0 radical (unpaired) electrons. The van der Waals surface area contributed by atoms with E-state index in [1.165, 1.54) is 18.5 Å². The van der Waals surface area contributed by atoms with Gasteiger partial charge in [-0.05, 0) is 23.8 Å². The highest BCUT2D eigenvalue weighted by molar-refractivity contribution is 7.93. The quantitative estimate of drug-likeness (QED) is 0.586. The molecule has 1 fully saturated rings. The molecule has 3 aromatic rings. The first-order chi connectivity index (χ1) is 15.5. The van der Waals surface area contributed by atoms with Gasteiger partial charge in [-0.1, -0.05) is 18.2 Å². The van der Waals surface area contributed by atoms with Gasteiger partial charge in [-0.15, -0.1) is 0 Å². The van der Waals surface area contributed by atoms with Gasteiger partial charge >= 0.3 is 0 Å². The average Bonchev–Trinajstić information content (AvgIpc) is 3.31. The molecule has 2 aliphatic heterocycles. The Morgan fingerprint density at radius 1 is 1.19 bits per heavy atom. The highest BCUT2D eigenvalue weighted by Crippen LogP contribution is 2.41. The molecule has 0 amide bonds. The minimum atomic E-state index is -3.80. The number of nitrogens with one attached hydrogen (secondary N) is 2. The lowest BCUT2D eigenvalue weighted by Crippen LogP contribution is -2.48. The van der Waals surface area contributed by atoms with Crippen LogP contribution in [0.3, 0.4) is 0 Å². The Morgan fingerprint density at radius 3 is 2.81 bits per heavy atom. The molecular weight excluding hydrogens is 453 g/mol. The second kappa shape index (κ2) is 8.74. The van der Waals surface area contributed by atoms with Crippen LogP contribution in [0.15, 0.2) is 53.7 Å². The highest BCUT2D eigenvalue weighted by atomic mass is 32.2. The van der Waals surface area contributed by atoms with E-state index in [2.05, 4.69) is 24.3 Å². The van der Waals surface area contributed by atoms with Crippen LogP contribution in [0.2, 0.25) is 0 Å². The Morgan fingerprint density at radius 2 is 2.03 bits per heavy atom. The standard InChI is InChI=1S/C21H22FN5O3S2/c22-15-3-1-14(2-4-15)19-12-23-8-9-27(19)18-7-10-30-20-11-16(5-6-17(18)20)32(28,29)26-21-24-13-25-31-21/h1-6,11,13,18-19,23H,7-10,12H2,(H,24,25,26). The predicted molar refractivity (Wildman–Crippen MR) is 119 cm³/mol. The van der Waals surface area contributed by atoms with Gasteiger partial charge in [0.05, 0.1) is 11.5 Å². The van der Waals surface area contributed by atoms with Crippen LogP contribution in [-0.4, -0.2) is 48.9 Å². The smallest absolute Gasteiger partial charge is 0.263 e. The third-order valence-electron chi connectivity index (χ3n) is 5.83. The number of piperazine rings is 1. The fourth-order valence-electron chi connectivity index (χ4n) is 4.34. The van der Waals surface area contributed by atoms with E-state index in [1.807, 2.05) is 18.2 Å². The zero-order valence-corrected chi connectivity index (χ0v) is 18.7. The summed E-state index contributed by atoms with van der Waals surface area (Å²) in [6, 6.07) is 11.8. The Bertz CT molecular complexity index is 1190. The molecule has 32 heavy (non-hydrogen) atoms. The fraction of sp³-hybridized carbons (Fsp3) is 0.333. The van der Waals surface area contributed by atoms with Crippen LogP contribution >= 0.6 is 11.5 Å². The van der Waals surface area contributed by atoms with Gasteiger partial charge in [0.1, 0.15) is 17.9 Å². The van der Waals surface area contributed by atoms with E-state index in [4.69, 9.17) is 4.74 Å². The number of hydrogen-bond acceptors (Lipinski definition) is 8. The van der Waals surface area contributed by atoms with E-state index in [0.29, 0.717) is 12.4 Å². The van der Waals surface area contributed by atoms with Crippen LogP contribution in [0.25, 0.3) is 0 Å². The first-order valence-corrected chi connectivity index (χ1v) is 12.5. The average molecular weight is 476 g/mol. The summed E-state index contributed by atoms with van der Waals surface area (Å²) < 4.78 is 51.1. The number of nitrogens with zero attached hydrogens (tertiary/aromatic N) is 3. The molecule has 1 saturated heterocycles. The van der Waals surface area contributed by atoms with E-state index >= 15 is 0 Å². The molecule has 5 rings (SSSR count). The maximum Gasteiger partial charge on any atom is 0.263 e. The largest absolute Gasteiger partial charge is 0.493 e. The van der Waals surface area contributed by atoms with Crippen LogP contribution < -0.4 is 14.8 Å². The third kappa shape index (κ3) is 4.20. The van der Waals surface area contributed by atoms with E-state index in [1.54, 1.807) is 12.1 Å². The van der Waals surface area contributed by atoms with E-state index in [9.17, 15) is 12.8 Å². The number of hydrogen-bond donors (Lipinski definition) is 2. The number of sulfonamides is 1. The number of aromatic nitrogens is 2. The van der Waals surface area contributed by atoms with Gasteiger partial charge < -0.3 is 10.1 Å². The van der Waals surface area contributed by atoms with Crippen molar-refractivity contribution in [2.45, 2.75) is 23.4 Å². The maximum atomic E-state index is 13.4. The molecule has 0 saturated carbocycles. The van der Waals surface area contributed by atoms with Crippen molar-refractivity contribution in [3.8, 4) is 5.75 Å². The lowest BCUT2D eigenvalue weighted by Gasteiger charge is -2.43. The molecule has 0 aliphatic carbocycles. The summed E-state index contributed by atoms with van der Waals surface area (Å²) >= 11 is 0.973. The number of rotatable bonds is 5. The minimum absolute atomic E-state index is 0.0729. The zero-order valence-electron chi connectivity index (χ0n) is 17.1. The number of ether oxygens (including phenoxy) is 1. The number of fused-ring (bicyclic) bond motifs is 1. The monoisotopic (exact) mass is 475 g/mol. The first-order valence-electron chi connectivity index (χ1n) is 10.3. The highest BCUT2D eigenvalue weighted by Gasteiger charge is 2.34. The van der Waals surface area contributed by atoms with Gasteiger partial charge in [0.2, 0.25) is 5.13 Å². The Kier molecular flexibility index (Phi) is 5.80. The van der Waals surface area contributed by atoms with Crippen molar-refractivity contribution in [1.29, 1.82) is 0 Å². The summed E-state index contributed by atoms with van der Waals surface area (Å²) in [6.45, 7) is 2.93. The van der Waals surface area contributed by atoms with Crippen molar-refractivity contribution in [3.05, 3.63) is 65.7 Å². The molecular formula is C21H22FN5O3S2. The van der Waals surface area contributed by atoms with Gasteiger partial charge in [0, 0.05) is 61.3 Å². The van der Waals surface area contributed by atoms with Crippen molar-refractivity contribution in [2.24, 2.45) is 0 Å². The Hall–Kier alpha value is -2.60. The van der Waals surface area contributed by atoms with Gasteiger partial charge in [-0.2, -0.15) is 4.37 Å². The third-order valence-corrected chi connectivity index (χ3v) is 7.87. The molecule has 2 N–H and O–H groups in total. The van der Waals surface area contributed by atoms with Crippen LogP contribution in [0.5, 0.6) is 5.75 Å².